The first kappa shape index (κ1) is 21.7. The number of carbonyl (C=O) groups is 2. The van der Waals surface area contributed by atoms with E-state index in [1.54, 1.807) is 68.6 Å². The Morgan fingerprint density at radius 1 is 1.03 bits per heavy atom. The zero-order valence-corrected chi connectivity index (χ0v) is 19.2. The second-order valence-corrected chi connectivity index (χ2v) is 8.02. The number of aliphatic hydroxyl groups is 1. The summed E-state index contributed by atoms with van der Waals surface area (Å²) in [7, 11) is 3.07. The van der Waals surface area contributed by atoms with E-state index in [1.165, 1.54) is 12.0 Å². The topological polar surface area (TPSA) is 89.2 Å². The highest BCUT2D eigenvalue weighted by Gasteiger charge is 2.48. The lowest BCUT2D eigenvalue weighted by Gasteiger charge is -2.23. The predicted octanol–water partition coefficient (Wildman–Crippen LogP) is 4.99. The second-order valence-electron chi connectivity index (χ2n) is 7.16. The van der Waals surface area contributed by atoms with E-state index in [4.69, 9.17) is 13.9 Å². The number of ether oxygens (including phenoxy) is 2. The molecule has 1 fully saturated rings. The van der Waals surface area contributed by atoms with Crippen molar-refractivity contribution in [3.63, 3.8) is 0 Å². The molecule has 2 heterocycles. The van der Waals surface area contributed by atoms with Crippen molar-refractivity contribution >= 4 is 39.1 Å². The maximum atomic E-state index is 13.1. The molecule has 1 atom stereocenters. The van der Waals surface area contributed by atoms with Crippen LogP contribution >= 0.6 is 15.9 Å². The Labute approximate surface area is 193 Å². The number of furan rings is 1. The Hall–Kier alpha value is -3.52. The summed E-state index contributed by atoms with van der Waals surface area (Å²) >= 11 is 3.39. The van der Waals surface area contributed by atoms with Gasteiger partial charge in [-0.15, -0.1) is 0 Å². The first-order valence-corrected chi connectivity index (χ1v) is 10.5. The number of carbonyl (C=O) groups excluding carboxylic acids is 2. The molecule has 32 heavy (non-hydrogen) atoms. The first-order valence-electron chi connectivity index (χ1n) is 9.71. The molecule has 4 rings (SSSR count). The Morgan fingerprint density at radius 3 is 2.31 bits per heavy atom. The molecule has 1 aliphatic rings. The van der Waals surface area contributed by atoms with E-state index in [0.29, 0.717) is 38.7 Å². The van der Waals surface area contributed by atoms with Crippen LogP contribution in [0.5, 0.6) is 11.5 Å². The van der Waals surface area contributed by atoms with Crippen LogP contribution in [-0.4, -0.2) is 31.0 Å². The minimum absolute atomic E-state index is 0.0581. The van der Waals surface area contributed by atoms with Crippen LogP contribution < -0.4 is 14.4 Å². The third-order valence-corrected chi connectivity index (χ3v) is 5.87. The van der Waals surface area contributed by atoms with Gasteiger partial charge in [0.2, 0.25) is 0 Å². The summed E-state index contributed by atoms with van der Waals surface area (Å²) in [5.41, 5.74) is 0.776. The van der Waals surface area contributed by atoms with E-state index >= 15 is 0 Å². The van der Waals surface area contributed by atoms with Gasteiger partial charge < -0.3 is 19.0 Å². The van der Waals surface area contributed by atoms with Crippen LogP contribution in [0.1, 0.15) is 23.1 Å². The predicted molar refractivity (Wildman–Crippen MR) is 122 cm³/mol. The first-order chi connectivity index (χ1) is 15.3. The zero-order chi connectivity index (χ0) is 23.0. The number of benzene rings is 2. The molecule has 1 amide bonds. The monoisotopic (exact) mass is 497 g/mol. The van der Waals surface area contributed by atoms with Crippen LogP contribution in [-0.2, 0) is 9.59 Å². The van der Waals surface area contributed by atoms with Gasteiger partial charge in [-0.2, -0.15) is 0 Å². The molecule has 1 N–H and O–H groups in total. The molecule has 1 unspecified atom stereocenters. The third kappa shape index (κ3) is 3.67. The Kier molecular flexibility index (Phi) is 5.80. The maximum absolute atomic E-state index is 13.1. The Bertz CT molecular complexity index is 1230. The van der Waals surface area contributed by atoms with Crippen molar-refractivity contribution in [2.24, 2.45) is 0 Å². The molecule has 2 aromatic carbocycles. The third-order valence-electron chi connectivity index (χ3n) is 5.25. The fraction of sp³-hybridized carbons (Fsp3) is 0.167. The quantitative estimate of drug-likeness (QED) is 0.303. The summed E-state index contributed by atoms with van der Waals surface area (Å²) in [6, 6.07) is 14.1. The van der Waals surface area contributed by atoms with Crippen molar-refractivity contribution in [3.05, 3.63) is 81.7 Å². The fourth-order valence-electron chi connectivity index (χ4n) is 3.68. The van der Waals surface area contributed by atoms with Gasteiger partial charge in [-0.1, -0.05) is 0 Å². The lowest BCUT2D eigenvalue weighted by atomic mass is 9.99. The average Bonchev–Trinajstić information content (AvgIpc) is 3.34. The summed E-state index contributed by atoms with van der Waals surface area (Å²) in [4.78, 5) is 27.5. The molecular formula is C24H20BrNO6. The zero-order valence-electron chi connectivity index (χ0n) is 17.6. The molecule has 0 bridgehead atoms. The van der Waals surface area contributed by atoms with E-state index < -0.39 is 17.7 Å². The lowest BCUT2D eigenvalue weighted by molar-refractivity contribution is -0.132. The standard InChI is InChI=1S/C24H20BrNO6/c1-13-4-10-19(32-13)21-20(22(27)14-5-11-18(31-3)17(25)12-14)23(28)24(29)26(21)15-6-8-16(30-2)9-7-15/h4-12,21,27H,1-3H3/b22-20-. The molecule has 0 radical (unpaired) electrons. The Morgan fingerprint density at radius 2 is 1.75 bits per heavy atom. The van der Waals surface area contributed by atoms with Crippen molar-refractivity contribution in [2.45, 2.75) is 13.0 Å². The van der Waals surface area contributed by atoms with Gasteiger partial charge in [-0.25, -0.2) is 0 Å². The number of ketones is 1. The van der Waals surface area contributed by atoms with E-state index in [-0.39, 0.29) is 11.3 Å². The molecule has 1 saturated heterocycles. The Balaban J connectivity index is 1.90. The van der Waals surface area contributed by atoms with Crippen LogP contribution in [0.2, 0.25) is 0 Å². The van der Waals surface area contributed by atoms with Crippen molar-refractivity contribution < 1.29 is 28.6 Å². The summed E-state index contributed by atoms with van der Waals surface area (Å²) < 4.78 is 16.8. The summed E-state index contributed by atoms with van der Waals surface area (Å²) in [6.45, 7) is 1.77. The smallest absolute Gasteiger partial charge is 0.300 e. The van der Waals surface area contributed by atoms with E-state index in [9.17, 15) is 14.7 Å². The summed E-state index contributed by atoms with van der Waals surface area (Å²) in [6.07, 6.45) is 0. The molecule has 3 aromatic rings. The number of aliphatic hydroxyl groups excluding tert-OH is 1. The fourth-order valence-corrected chi connectivity index (χ4v) is 4.22. The molecule has 164 valence electrons. The number of rotatable bonds is 5. The van der Waals surface area contributed by atoms with Gasteiger partial charge in [0.05, 0.1) is 24.3 Å². The largest absolute Gasteiger partial charge is 0.507 e. The number of anilines is 1. The SMILES string of the molecule is COc1ccc(N2C(=O)C(=O)/C(=C(\O)c3ccc(OC)c(Br)c3)C2c2ccc(C)o2)cc1. The number of nitrogens with zero attached hydrogens (tertiary/aromatic N) is 1. The number of methoxy groups -OCH3 is 2. The van der Waals surface area contributed by atoms with Crippen molar-refractivity contribution in [1.82, 2.24) is 0 Å². The molecule has 1 aromatic heterocycles. The van der Waals surface area contributed by atoms with Gasteiger partial charge in [-0.05, 0) is 77.5 Å². The van der Waals surface area contributed by atoms with Crippen molar-refractivity contribution in [1.29, 1.82) is 0 Å². The highest BCUT2D eigenvalue weighted by atomic mass is 79.9. The molecule has 1 aliphatic heterocycles. The normalized spacial score (nSPS) is 17.6. The van der Waals surface area contributed by atoms with Gasteiger partial charge in [-0.3, -0.25) is 14.5 Å². The molecule has 0 spiro atoms. The van der Waals surface area contributed by atoms with E-state index in [1.807, 2.05) is 0 Å². The van der Waals surface area contributed by atoms with Crippen LogP contribution in [0, 0.1) is 6.92 Å². The van der Waals surface area contributed by atoms with Gasteiger partial charge in [0.1, 0.15) is 34.8 Å². The van der Waals surface area contributed by atoms with Crippen LogP contribution in [0.3, 0.4) is 0 Å². The van der Waals surface area contributed by atoms with Crippen LogP contribution in [0.4, 0.5) is 5.69 Å². The molecule has 8 heteroatoms. The summed E-state index contributed by atoms with van der Waals surface area (Å²) in [5.74, 6) is 0.297. The minimum Gasteiger partial charge on any atom is -0.507 e. The van der Waals surface area contributed by atoms with Crippen molar-refractivity contribution in [2.75, 3.05) is 19.1 Å². The average molecular weight is 498 g/mol. The van der Waals surface area contributed by atoms with Gasteiger partial charge in [0.15, 0.2) is 0 Å². The summed E-state index contributed by atoms with van der Waals surface area (Å²) in [5, 5.41) is 11.1. The number of hydrogen-bond acceptors (Lipinski definition) is 6. The van der Waals surface area contributed by atoms with Crippen LogP contribution in [0.25, 0.3) is 5.76 Å². The number of aryl methyl sites for hydroxylation is 1. The van der Waals surface area contributed by atoms with Gasteiger partial charge in [0, 0.05) is 11.3 Å². The molecule has 0 aliphatic carbocycles. The number of halogens is 1. The van der Waals surface area contributed by atoms with Crippen molar-refractivity contribution in [3.8, 4) is 11.5 Å². The number of amides is 1. The highest BCUT2D eigenvalue weighted by Crippen LogP contribution is 2.43. The number of hydrogen-bond donors (Lipinski definition) is 1. The van der Waals surface area contributed by atoms with E-state index in [2.05, 4.69) is 15.9 Å². The molecule has 0 saturated carbocycles. The highest BCUT2D eigenvalue weighted by molar-refractivity contribution is 9.10. The lowest BCUT2D eigenvalue weighted by Crippen LogP contribution is -2.29. The van der Waals surface area contributed by atoms with Gasteiger partial charge in [0.25, 0.3) is 11.7 Å². The maximum Gasteiger partial charge on any atom is 0.300 e. The van der Waals surface area contributed by atoms with Crippen LogP contribution in [0.15, 0.2) is 69.1 Å². The number of Topliss-reactive ketones (excluding diaryl/α,β-unsaturated/α-hetero) is 1. The van der Waals surface area contributed by atoms with Gasteiger partial charge >= 0.3 is 0 Å². The second kappa shape index (κ2) is 8.55. The van der Waals surface area contributed by atoms with E-state index in [0.717, 1.165) is 0 Å². The molecular weight excluding hydrogens is 478 g/mol. The molecule has 7 nitrogen and oxygen atoms in total. The minimum atomic E-state index is -0.932.